The second-order valence-electron chi connectivity index (χ2n) is 2.94. The van der Waals surface area contributed by atoms with E-state index in [0.29, 0.717) is 0 Å². The first-order valence-corrected chi connectivity index (χ1v) is 4.29. The fourth-order valence-electron chi connectivity index (χ4n) is 1.10. The topological polar surface area (TPSA) is 17.1 Å². The van der Waals surface area contributed by atoms with Crippen LogP contribution in [-0.4, -0.2) is 5.78 Å². The van der Waals surface area contributed by atoms with Crippen molar-refractivity contribution in [2.24, 2.45) is 0 Å². The predicted octanol–water partition coefficient (Wildman–Crippen LogP) is 3.46. The summed E-state index contributed by atoms with van der Waals surface area (Å²) in [5.74, 6) is -0.427. The van der Waals surface area contributed by atoms with Crippen molar-refractivity contribution in [2.45, 2.75) is 13.1 Å². The summed E-state index contributed by atoms with van der Waals surface area (Å²) in [5.41, 5.74) is -0.763. The first kappa shape index (κ1) is 11.5. The molecular weight excluding hydrogens is 205 g/mol. The van der Waals surface area contributed by atoms with Gasteiger partial charge in [0.15, 0.2) is 5.78 Å². The minimum atomic E-state index is -4.41. The number of hydrogen-bond donors (Lipinski definition) is 0. The number of halogens is 3. The molecule has 4 heteroatoms. The molecule has 0 N–H and O–H groups in total. The summed E-state index contributed by atoms with van der Waals surface area (Å²) in [4.78, 5) is 11.3. The van der Waals surface area contributed by atoms with E-state index in [2.05, 4.69) is 0 Å². The number of carbonyl (C=O) groups excluding carboxylic acids is 1. The highest BCUT2D eigenvalue weighted by Crippen LogP contribution is 2.29. The summed E-state index contributed by atoms with van der Waals surface area (Å²) in [7, 11) is 0. The van der Waals surface area contributed by atoms with Gasteiger partial charge in [0, 0.05) is 5.56 Å². The minimum Gasteiger partial charge on any atom is -0.289 e. The highest BCUT2D eigenvalue weighted by atomic mass is 19.4. The molecule has 0 heterocycles. The Morgan fingerprint density at radius 2 is 2.00 bits per heavy atom. The van der Waals surface area contributed by atoms with Crippen LogP contribution in [0.5, 0.6) is 0 Å². The van der Waals surface area contributed by atoms with Crippen LogP contribution in [0.2, 0.25) is 0 Å². The van der Waals surface area contributed by atoms with Crippen LogP contribution in [0.3, 0.4) is 0 Å². The van der Waals surface area contributed by atoms with Gasteiger partial charge >= 0.3 is 6.18 Å². The average molecular weight is 214 g/mol. The summed E-state index contributed by atoms with van der Waals surface area (Å²) in [6, 6.07) is 4.37. The maximum Gasteiger partial charge on any atom is 0.416 e. The van der Waals surface area contributed by atoms with Crippen molar-refractivity contribution in [1.82, 2.24) is 0 Å². The van der Waals surface area contributed by atoms with E-state index in [1.54, 1.807) is 6.92 Å². The van der Waals surface area contributed by atoms with Gasteiger partial charge in [-0.05, 0) is 25.1 Å². The Morgan fingerprint density at radius 3 is 2.53 bits per heavy atom. The summed E-state index contributed by atoms with van der Waals surface area (Å²) in [5, 5.41) is 0. The smallest absolute Gasteiger partial charge is 0.289 e. The van der Waals surface area contributed by atoms with E-state index < -0.39 is 17.5 Å². The van der Waals surface area contributed by atoms with Gasteiger partial charge in [-0.2, -0.15) is 13.2 Å². The first-order valence-electron chi connectivity index (χ1n) is 4.29. The van der Waals surface area contributed by atoms with Gasteiger partial charge in [0.05, 0.1) is 5.56 Å². The average Bonchev–Trinajstić information content (AvgIpc) is 2.17. The summed E-state index contributed by atoms with van der Waals surface area (Å²) in [6.45, 7) is 1.63. The van der Waals surface area contributed by atoms with Crippen LogP contribution in [0.4, 0.5) is 13.2 Å². The van der Waals surface area contributed by atoms with Crippen molar-refractivity contribution < 1.29 is 18.0 Å². The molecule has 0 atom stereocenters. The number of ketones is 1. The van der Waals surface area contributed by atoms with Crippen LogP contribution in [0.15, 0.2) is 36.4 Å². The number of benzene rings is 1. The van der Waals surface area contributed by atoms with Crippen molar-refractivity contribution in [3.05, 3.63) is 47.5 Å². The third-order valence-corrected chi connectivity index (χ3v) is 1.79. The predicted molar refractivity (Wildman–Crippen MR) is 50.6 cm³/mol. The molecule has 0 radical (unpaired) electrons. The molecule has 0 aromatic heterocycles. The highest BCUT2D eigenvalue weighted by Gasteiger charge is 2.30. The van der Waals surface area contributed by atoms with Gasteiger partial charge in [0.1, 0.15) is 0 Å². The number of allylic oxidation sites excluding steroid dienone is 2. The van der Waals surface area contributed by atoms with Gasteiger partial charge in [-0.25, -0.2) is 0 Å². The zero-order valence-corrected chi connectivity index (χ0v) is 8.01. The molecule has 0 saturated heterocycles. The van der Waals surface area contributed by atoms with Crippen molar-refractivity contribution >= 4 is 5.78 Å². The fraction of sp³-hybridized carbons (Fsp3) is 0.182. The van der Waals surface area contributed by atoms with E-state index in [1.165, 1.54) is 24.3 Å². The van der Waals surface area contributed by atoms with E-state index >= 15 is 0 Å². The molecule has 0 aliphatic carbocycles. The Balaban J connectivity index is 3.08. The number of alkyl halides is 3. The molecule has 1 aromatic rings. The van der Waals surface area contributed by atoms with Crippen molar-refractivity contribution in [2.75, 3.05) is 0 Å². The van der Waals surface area contributed by atoms with Gasteiger partial charge in [-0.3, -0.25) is 4.79 Å². The van der Waals surface area contributed by atoms with E-state index in [1.807, 2.05) is 0 Å². The van der Waals surface area contributed by atoms with Crippen LogP contribution >= 0.6 is 0 Å². The molecule has 1 nitrogen and oxygen atoms in total. The van der Waals surface area contributed by atoms with Crippen LogP contribution in [0.1, 0.15) is 22.8 Å². The van der Waals surface area contributed by atoms with Crippen LogP contribution < -0.4 is 0 Å². The normalized spacial score (nSPS) is 12.0. The molecule has 0 amide bonds. The number of carbonyl (C=O) groups is 1. The van der Waals surface area contributed by atoms with Gasteiger partial charge in [-0.15, -0.1) is 0 Å². The quantitative estimate of drug-likeness (QED) is 0.544. The van der Waals surface area contributed by atoms with E-state index in [9.17, 15) is 18.0 Å². The molecule has 1 rings (SSSR count). The molecule has 0 spiro atoms. The SMILES string of the molecule is C/C=C/C(=O)c1cccc(C(F)(F)F)c1. The lowest BCUT2D eigenvalue weighted by Gasteiger charge is -2.06. The van der Waals surface area contributed by atoms with Gasteiger partial charge < -0.3 is 0 Å². The Bertz CT molecular complexity index is 391. The Kier molecular flexibility index (Phi) is 3.29. The lowest BCUT2D eigenvalue weighted by atomic mass is 10.1. The highest BCUT2D eigenvalue weighted by molar-refractivity contribution is 6.04. The second-order valence-corrected chi connectivity index (χ2v) is 2.94. The van der Waals surface area contributed by atoms with Gasteiger partial charge in [0.25, 0.3) is 0 Å². The lowest BCUT2D eigenvalue weighted by Crippen LogP contribution is -2.06. The number of hydrogen-bond acceptors (Lipinski definition) is 1. The maximum absolute atomic E-state index is 12.3. The zero-order valence-electron chi connectivity index (χ0n) is 8.01. The van der Waals surface area contributed by atoms with Gasteiger partial charge in [-0.1, -0.05) is 18.2 Å². The maximum atomic E-state index is 12.3. The fourth-order valence-corrected chi connectivity index (χ4v) is 1.10. The van der Waals surface area contributed by atoms with E-state index in [4.69, 9.17) is 0 Å². The monoisotopic (exact) mass is 214 g/mol. The molecule has 0 unspecified atom stereocenters. The molecule has 15 heavy (non-hydrogen) atoms. The second kappa shape index (κ2) is 4.29. The summed E-state index contributed by atoms with van der Waals surface area (Å²) in [6.07, 6.45) is -1.69. The molecule has 80 valence electrons. The third kappa shape index (κ3) is 2.94. The van der Waals surface area contributed by atoms with Crippen LogP contribution in [0, 0.1) is 0 Å². The zero-order chi connectivity index (χ0) is 11.5. The van der Waals surface area contributed by atoms with Crippen molar-refractivity contribution in [3.63, 3.8) is 0 Å². The molecule has 0 bridgehead atoms. The third-order valence-electron chi connectivity index (χ3n) is 1.79. The molecule has 0 fully saturated rings. The Morgan fingerprint density at radius 1 is 1.33 bits per heavy atom. The van der Waals surface area contributed by atoms with E-state index in [0.717, 1.165) is 12.1 Å². The largest absolute Gasteiger partial charge is 0.416 e. The molecular formula is C11H9F3O. The van der Waals surface area contributed by atoms with Gasteiger partial charge in [0.2, 0.25) is 0 Å². The molecule has 0 saturated carbocycles. The Hall–Kier alpha value is -1.58. The Labute approximate surface area is 85.2 Å². The van der Waals surface area contributed by atoms with Crippen LogP contribution in [-0.2, 0) is 6.18 Å². The van der Waals surface area contributed by atoms with Crippen molar-refractivity contribution in [3.8, 4) is 0 Å². The molecule has 0 aliphatic rings. The molecule has 1 aromatic carbocycles. The van der Waals surface area contributed by atoms with Crippen LogP contribution in [0.25, 0.3) is 0 Å². The first-order chi connectivity index (χ1) is 6.95. The summed E-state index contributed by atoms with van der Waals surface area (Å²) >= 11 is 0. The minimum absolute atomic E-state index is 0.0444. The lowest BCUT2D eigenvalue weighted by molar-refractivity contribution is -0.137. The standard InChI is InChI=1S/C11H9F3O/c1-2-4-10(15)8-5-3-6-9(7-8)11(12,13)14/h2-7H,1H3/b4-2+. The van der Waals surface area contributed by atoms with Crippen molar-refractivity contribution in [1.29, 1.82) is 0 Å². The number of rotatable bonds is 2. The van der Waals surface area contributed by atoms with E-state index in [-0.39, 0.29) is 5.56 Å². The molecule has 0 aliphatic heterocycles. The summed E-state index contributed by atoms with van der Waals surface area (Å²) < 4.78 is 36.9.